The predicted molar refractivity (Wildman–Crippen MR) is 117 cm³/mol. The smallest absolute Gasteiger partial charge is 0.416 e. The lowest BCUT2D eigenvalue weighted by molar-refractivity contribution is -0.143. The summed E-state index contributed by atoms with van der Waals surface area (Å²) >= 11 is 0. The number of nitrogens with zero attached hydrogens (tertiary/aromatic N) is 1. The summed E-state index contributed by atoms with van der Waals surface area (Å²) in [6, 6.07) is 4.24. The number of carbonyl (C=O) groups excluding carboxylic acids is 1. The van der Waals surface area contributed by atoms with Crippen molar-refractivity contribution in [3.05, 3.63) is 70.3 Å². The first-order valence-electron chi connectivity index (χ1n) is 11.3. The second kappa shape index (κ2) is 10.5. The minimum Gasteiger partial charge on any atom is -0.444 e. The SMILES string of the molecule is CC(C)(C)OC(=O)N1CCC(OCc2cc(C(F)(F)F)cc(C(F)(F)F)c2)C(c2ccc(F)c(F)c2)C1. The van der Waals surface area contributed by atoms with Gasteiger partial charge in [-0.1, -0.05) is 6.07 Å². The molecule has 2 aromatic carbocycles. The molecular weight excluding hydrogens is 514 g/mol. The van der Waals surface area contributed by atoms with Crippen LogP contribution in [0.1, 0.15) is 55.4 Å². The van der Waals surface area contributed by atoms with E-state index in [1.54, 1.807) is 20.8 Å². The number of hydrogen-bond acceptors (Lipinski definition) is 3. The van der Waals surface area contributed by atoms with Gasteiger partial charge >= 0.3 is 18.4 Å². The molecule has 4 nitrogen and oxygen atoms in total. The van der Waals surface area contributed by atoms with Crippen LogP contribution in [-0.4, -0.2) is 35.8 Å². The van der Waals surface area contributed by atoms with E-state index in [0.29, 0.717) is 12.1 Å². The van der Waals surface area contributed by atoms with Crippen LogP contribution in [0.3, 0.4) is 0 Å². The number of likely N-dealkylation sites (tertiary alicyclic amines) is 1. The number of rotatable bonds is 4. The van der Waals surface area contributed by atoms with E-state index in [4.69, 9.17) is 9.47 Å². The van der Waals surface area contributed by atoms with Crippen molar-refractivity contribution >= 4 is 6.09 Å². The highest BCUT2D eigenvalue weighted by Crippen LogP contribution is 2.37. The Hall–Kier alpha value is -2.89. The molecule has 1 aliphatic heterocycles. The van der Waals surface area contributed by atoms with Gasteiger partial charge in [0.05, 0.1) is 23.8 Å². The molecule has 0 N–H and O–H groups in total. The summed E-state index contributed by atoms with van der Waals surface area (Å²) in [6.07, 6.45) is -11.4. The molecule has 37 heavy (non-hydrogen) atoms. The van der Waals surface area contributed by atoms with Gasteiger partial charge in [-0.2, -0.15) is 26.3 Å². The summed E-state index contributed by atoms with van der Waals surface area (Å²) < 4.78 is 118. The molecule has 0 bridgehead atoms. The monoisotopic (exact) mass is 539 g/mol. The van der Waals surface area contributed by atoms with Crippen LogP contribution in [0.5, 0.6) is 0 Å². The fraction of sp³-hybridized carbons (Fsp3) is 0.480. The van der Waals surface area contributed by atoms with Gasteiger partial charge in [0.15, 0.2) is 11.6 Å². The highest BCUT2D eigenvalue weighted by atomic mass is 19.4. The van der Waals surface area contributed by atoms with Crippen molar-refractivity contribution in [3.63, 3.8) is 0 Å². The maximum absolute atomic E-state index is 14.0. The fourth-order valence-corrected chi connectivity index (χ4v) is 3.99. The first kappa shape index (κ1) is 28.7. The Morgan fingerprint density at radius 2 is 1.51 bits per heavy atom. The van der Waals surface area contributed by atoms with Crippen LogP contribution in [0, 0.1) is 11.6 Å². The maximum Gasteiger partial charge on any atom is 0.416 e. The summed E-state index contributed by atoms with van der Waals surface area (Å²) in [6.45, 7) is 4.44. The fourth-order valence-electron chi connectivity index (χ4n) is 3.99. The van der Waals surface area contributed by atoms with Crippen molar-refractivity contribution in [1.82, 2.24) is 4.90 Å². The number of piperidine rings is 1. The second-order valence-corrected chi connectivity index (χ2v) is 9.76. The van der Waals surface area contributed by atoms with E-state index in [1.165, 1.54) is 11.0 Å². The van der Waals surface area contributed by atoms with Crippen LogP contribution in [-0.2, 0) is 28.4 Å². The molecule has 204 valence electrons. The van der Waals surface area contributed by atoms with E-state index < -0.39 is 65.4 Å². The summed E-state index contributed by atoms with van der Waals surface area (Å²) in [5.74, 6) is -3.02. The molecule has 1 aliphatic rings. The minimum atomic E-state index is -5.01. The molecule has 2 aromatic rings. The van der Waals surface area contributed by atoms with Crippen molar-refractivity contribution in [3.8, 4) is 0 Å². The normalized spacial score (nSPS) is 19.2. The van der Waals surface area contributed by atoms with Crippen LogP contribution < -0.4 is 0 Å². The van der Waals surface area contributed by atoms with E-state index in [-0.39, 0.29) is 36.7 Å². The van der Waals surface area contributed by atoms with Gasteiger partial charge in [0, 0.05) is 19.0 Å². The third kappa shape index (κ3) is 7.56. The third-order valence-corrected chi connectivity index (χ3v) is 5.68. The van der Waals surface area contributed by atoms with Gasteiger partial charge in [-0.3, -0.25) is 0 Å². The van der Waals surface area contributed by atoms with Crippen molar-refractivity contribution in [2.24, 2.45) is 0 Å². The molecule has 0 aliphatic carbocycles. The van der Waals surface area contributed by atoms with Crippen molar-refractivity contribution in [1.29, 1.82) is 0 Å². The average molecular weight is 539 g/mol. The lowest BCUT2D eigenvalue weighted by Gasteiger charge is -2.39. The van der Waals surface area contributed by atoms with Crippen LogP contribution in [0.15, 0.2) is 36.4 Å². The van der Waals surface area contributed by atoms with E-state index in [9.17, 15) is 39.9 Å². The average Bonchev–Trinajstić information content (AvgIpc) is 2.77. The van der Waals surface area contributed by atoms with Crippen molar-refractivity contribution in [2.75, 3.05) is 13.1 Å². The van der Waals surface area contributed by atoms with Gasteiger partial charge in [-0.25, -0.2) is 13.6 Å². The first-order chi connectivity index (χ1) is 16.9. The zero-order valence-corrected chi connectivity index (χ0v) is 20.1. The number of amides is 1. The molecule has 1 heterocycles. The molecule has 0 spiro atoms. The van der Waals surface area contributed by atoms with E-state index >= 15 is 0 Å². The largest absolute Gasteiger partial charge is 0.444 e. The van der Waals surface area contributed by atoms with E-state index in [0.717, 1.165) is 12.1 Å². The lowest BCUT2D eigenvalue weighted by Crippen LogP contribution is -2.47. The highest BCUT2D eigenvalue weighted by Gasteiger charge is 2.38. The Labute approximate surface area is 208 Å². The van der Waals surface area contributed by atoms with Crippen molar-refractivity contribution in [2.45, 2.75) is 63.8 Å². The molecule has 0 radical (unpaired) electrons. The second-order valence-electron chi connectivity index (χ2n) is 9.76. The highest BCUT2D eigenvalue weighted by molar-refractivity contribution is 5.68. The van der Waals surface area contributed by atoms with Gasteiger partial charge in [-0.05, 0) is 68.7 Å². The number of halogens is 8. The van der Waals surface area contributed by atoms with Crippen molar-refractivity contribution < 1.29 is 49.4 Å². The maximum atomic E-state index is 14.0. The molecule has 2 atom stereocenters. The molecule has 0 saturated carbocycles. The Morgan fingerprint density at radius 3 is 2.03 bits per heavy atom. The number of carbonyl (C=O) groups is 1. The van der Waals surface area contributed by atoms with Crippen LogP contribution in [0.2, 0.25) is 0 Å². The van der Waals surface area contributed by atoms with E-state index in [1.807, 2.05) is 0 Å². The number of alkyl halides is 6. The Bertz CT molecular complexity index is 1090. The third-order valence-electron chi connectivity index (χ3n) is 5.68. The molecule has 0 aromatic heterocycles. The summed E-state index contributed by atoms with van der Waals surface area (Å²) in [5, 5.41) is 0. The van der Waals surface area contributed by atoms with Crippen LogP contribution in [0.25, 0.3) is 0 Å². The Balaban J connectivity index is 1.87. The molecule has 12 heteroatoms. The summed E-state index contributed by atoms with van der Waals surface area (Å²) in [4.78, 5) is 13.9. The molecule has 1 saturated heterocycles. The molecule has 1 fully saturated rings. The van der Waals surface area contributed by atoms with Crippen LogP contribution in [0.4, 0.5) is 39.9 Å². The molecule has 2 unspecified atom stereocenters. The molecular formula is C25H25F8NO3. The predicted octanol–water partition coefficient (Wildman–Crippen LogP) is 7.31. The summed E-state index contributed by atoms with van der Waals surface area (Å²) in [5.41, 5.74) is -3.87. The minimum absolute atomic E-state index is 0.0207. The zero-order chi connectivity index (χ0) is 27.8. The Kier molecular flexibility index (Phi) is 8.11. The van der Waals surface area contributed by atoms with Crippen LogP contribution >= 0.6 is 0 Å². The topological polar surface area (TPSA) is 38.8 Å². The van der Waals surface area contributed by atoms with E-state index in [2.05, 4.69) is 0 Å². The number of ether oxygens (including phenoxy) is 2. The number of benzene rings is 2. The standard InChI is InChI=1S/C25H25F8NO3/c1-23(2,3)37-22(35)34-7-6-21(18(12-34)15-4-5-19(26)20(27)10-15)36-13-14-8-16(24(28,29)30)11-17(9-14)25(31,32)33/h4-5,8-11,18,21H,6-7,12-13H2,1-3H3. The Morgan fingerprint density at radius 1 is 0.919 bits per heavy atom. The van der Waals surface area contributed by atoms with Gasteiger partial charge in [-0.15, -0.1) is 0 Å². The first-order valence-corrected chi connectivity index (χ1v) is 11.3. The number of hydrogen-bond donors (Lipinski definition) is 0. The van der Waals surface area contributed by atoms with Gasteiger partial charge in [0.25, 0.3) is 0 Å². The summed E-state index contributed by atoms with van der Waals surface area (Å²) in [7, 11) is 0. The van der Waals surface area contributed by atoms with Gasteiger partial charge in [0.2, 0.25) is 0 Å². The lowest BCUT2D eigenvalue weighted by atomic mass is 9.87. The quantitative estimate of drug-likeness (QED) is 0.383. The van der Waals surface area contributed by atoms with Gasteiger partial charge in [0.1, 0.15) is 5.60 Å². The zero-order valence-electron chi connectivity index (χ0n) is 20.1. The molecule has 1 amide bonds. The molecule has 3 rings (SSSR count). The van der Waals surface area contributed by atoms with Gasteiger partial charge < -0.3 is 14.4 Å².